The largest absolute Gasteiger partial charge is 0.481 e. The Morgan fingerprint density at radius 3 is 2.31 bits per heavy atom. The van der Waals surface area contributed by atoms with Crippen molar-refractivity contribution in [2.24, 2.45) is 22.2 Å². The highest BCUT2D eigenvalue weighted by molar-refractivity contribution is 5.75. The van der Waals surface area contributed by atoms with Crippen LogP contribution in [0.4, 0.5) is 0 Å². The quantitative estimate of drug-likeness (QED) is 0.503. The average molecular weight is 368 g/mol. The molecule has 148 valence electrons. The van der Waals surface area contributed by atoms with Crippen LogP contribution < -0.4 is 0 Å². The second-order valence-electron chi connectivity index (χ2n) is 10.3. The molecule has 1 spiro atoms. The zero-order valence-electron chi connectivity index (χ0n) is 15.8. The van der Waals surface area contributed by atoms with E-state index in [0.717, 1.165) is 12.8 Å². The number of aliphatic hydroxyl groups excluding tert-OH is 1. The van der Waals surface area contributed by atoms with Gasteiger partial charge in [0.1, 0.15) is 5.60 Å². The van der Waals surface area contributed by atoms with Crippen LogP contribution in [0.1, 0.15) is 71.6 Å². The molecule has 0 saturated heterocycles. The van der Waals surface area contributed by atoms with Crippen molar-refractivity contribution < 1.29 is 30.3 Å². The standard InChI is InChI=1S/C20H32O6/c1-15(14(22)23)5-3-6-16(2)13(15)4-7-17-10-18(24,8-9-20(16,17)26)19(25,11-17)12-21/h13,21,24-26H,3-12H2,1-2H3,(H,22,23)/t13-,15-,16-,17+,18+,19-,20-/m1/s1. The maximum atomic E-state index is 12.1. The van der Waals surface area contributed by atoms with Gasteiger partial charge in [0.2, 0.25) is 0 Å². The van der Waals surface area contributed by atoms with Gasteiger partial charge in [-0.25, -0.2) is 0 Å². The molecule has 4 saturated carbocycles. The molecule has 5 N–H and O–H groups in total. The molecule has 6 nitrogen and oxygen atoms in total. The van der Waals surface area contributed by atoms with Crippen molar-refractivity contribution in [3.05, 3.63) is 0 Å². The number of hydrogen-bond acceptors (Lipinski definition) is 5. The predicted octanol–water partition coefficient (Wildman–Crippen LogP) is 1.44. The molecular formula is C20H32O6. The van der Waals surface area contributed by atoms with Crippen molar-refractivity contribution in [2.75, 3.05) is 6.61 Å². The van der Waals surface area contributed by atoms with Gasteiger partial charge in [-0.2, -0.15) is 0 Å². The number of carboxylic acid groups (broad SMARTS) is 1. The molecule has 0 aromatic heterocycles. The lowest BCUT2D eigenvalue weighted by Gasteiger charge is -2.67. The SMILES string of the molecule is C[C@@]1(C(=O)O)CCC[C@]2(C)[C@@H]1CC[C@]13C[C@@](O)(CO)[C@](O)(CC[C@]12O)C3. The first-order valence-electron chi connectivity index (χ1n) is 9.94. The lowest BCUT2D eigenvalue weighted by atomic mass is 9.38. The Morgan fingerprint density at radius 2 is 1.69 bits per heavy atom. The topological polar surface area (TPSA) is 118 Å². The highest BCUT2D eigenvalue weighted by Gasteiger charge is 2.78. The fraction of sp³-hybridized carbons (Fsp3) is 0.950. The molecule has 7 atom stereocenters. The summed E-state index contributed by atoms with van der Waals surface area (Å²) in [6, 6.07) is 0. The van der Waals surface area contributed by atoms with Crippen molar-refractivity contribution >= 4 is 5.97 Å². The highest BCUT2D eigenvalue weighted by Crippen LogP contribution is 2.75. The molecule has 0 heterocycles. The molecule has 0 aromatic carbocycles. The van der Waals surface area contributed by atoms with E-state index in [9.17, 15) is 30.3 Å². The number of carbonyl (C=O) groups is 1. The molecule has 6 heteroatoms. The van der Waals surface area contributed by atoms with Crippen LogP contribution in [0.2, 0.25) is 0 Å². The second-order valence-corrected chi connectivity index (χ2v) is 10.3. The summed E-state index contributed by atoms with van der Waals surface area (Å²) in [5, 5.41) is 53.8. The minimum atomic E-state index is -1.59. The van der Waals surface area contributed by atoms with E-state index in [-0.39, 0.29) is 25.2 Å². The van der Waals surface area contributed by atoms with E-state index >= 15 is 0 Å². The smallest absolute Gasteiger partial charge is 0.309 e. The van der Waals surface area contributed by atoms with Gasteiger partial charge in [-0.3, -0.25) is 4.79 Å². The van der Waals surface area contributed by atoms with Crippen LogP contribution in [0.5, 0.6) is 0 Å². The Hall–Kier alpha value is -0.690. The van der Waals surface area contributed by atoms with E-state index in [1.54, 1.807) is 0 Å². The van der Waals surface area contributed by atoms with Crippen molar-refractivity contribution in [3.8, 4) is 0 Å². The number of fused-ring (bicyclic) bond motifs is 3. The van der Waals surface area contributed by atoms with Crippen LogP contribution in [-0.4, -0.2) is 54.9 Å². The van der Waals surface area contributed by atoms with Crippen molar-refractivity contribution in [1.29, 1.82) is 0 Å². The first-order chi connectivity index (χ1) is 11.9. The number of aliphatic hydroxyl groups is 4. The normalized spacial score (nSPS) is 58.8. The van der Waals surface area contributed by atoms with E-state index in [2.05, 4.69) is 0 Å². The number of aliphatic carboxylic acids is 1. The summed E-state index contributed by atoms with van der Waals surface area (Å²) in [6.45, 7) is 3.32. The maximum Gasteiger partial charge on any atom is 0.309 e. The number of hydrogen-bond donors (Lipinski definition) is 5. The van der Waals surface area contributed by atoms with Crippen molar-refractivity contribution in [2.45, 2.75) is 88.4 Å². The molecule has 0 amide bonds. The lowest BCUT2D eigenvalue weighted by molar-refractivity contribution is -0.271. The second kappa shape index (κ2) is 5.02. The van der Waals surface area contributed by atoms with E-state index in [1.807, 2.05) is 13.8 Å². The molecule has 26 heavy (non-hydrogen) atoms. The molecule has 0 radical (unpaired) electrons. The van der Waals surface area contributed by atoms with E-state index in [0.29, 0.717) is 25.7 Å². The van der Waals surface area contributed by atoms with Gasteiger partial charge in [-0.1, -0.05) is 13.3 Å². The third kappa shape index (κ3) is 1.80. The monoisotopic (exact) mass is 368 g/mol. The van der Waals surface area contributed by atoms with Gasteiger partial charge >= 0.3 is 5.97 Å². The minimum Gasteiger partial charge on any atom is -0.481 e. The molecule has 2 bridgehead atoms. The molecule has 0 aromatic rings. The Bertz CT molecular complexity index is 650. The van der Waals surface area contributed by atoms with Crippen LogP contribution in [-0.2, 0) is 4.79 Å². The van der Waals surface area contributed by atoms with Crippen LogP contribution in [0.25, 0.3) is 0 Å². The zero-order chi connectivity index (χ0) is 19.2. The summed E-state index contributed by atoms with van der Waals surface area (Å²) < 4.78 is 0. The van der Waals surface area contributed by atoms with Crippen molar-refractivity contribution in [1.82, 2.24) is 0 Å². The first-order valence-corrected chi connectivity index (χ1v) is 9.94. The molecular weight excluding hydrogens is 336 g/mol. The van der Waals surface area contributed by atoms with Crippen molar-refractivity contribution in [3.63, 3.8) is 0 Å². The fourth-order valence-electron chi connectivity index (χ4n) is 7.94. The van der Waals surface area contributed by atoms with E-state index in [1.165, 1.54) is 0 Å². The summed E-state index contributed by atoms with van der Waals surface area (Å²) in [5.74, 6) is -0.926. The summed E-state index contributed by atoms with van der Waals surface area (Å²) in [4.78, 5) is 12.1. The fourth-order valence-corrected chi connectivity index (χ4v) is 7.94. The summed E-state index contributed by atoms with van der Waals surface area (Å²) >= 11 is 0. The van der Waals surface area contributed by atoms with Gasteiger partial charge in [0.15, 0.2) is 0 Å². The maximum absolute atomic E-state index is 12.1. The molecule has 0 unspecified atom stereocenters. The summed E-state index contributed by atoms with van der Waals surface area (Å²) in [7, 11) is 0. The van der Waals surface area contributed by atoms with Gasteiger partial charge in [-0.15, -0.1) is 0 Å². The van der Waals surface area contributed by atoms with Gasteiger partial charge in [0.05, 0.1) is 23.2 Å². The minimum absolute atomic E-state index is 0.133. The van der Waals surface area contributed by atoms with Gasteiger partial charge < -0.3 is 25.5 Å². The van der Waals surface area contributed by atoms with Gasteiger partial charge in [-0.05, 0) is 64.2 Å². The average Bonchev–Trinajstić information content (AvgIpc) is 2.76. The summed E-state index contributed by atoms with van der Waals surface area (Å²) in [6.07, 6.45) is 4.41. The van der Waals surface area contributed by atoms with Gasteiger partial charge in [0, 0.05) is 10.8 Å². The summed E-state index contributed by atoms with van der Waals surface area (Å²) in [5.41, 5.74) is -6.19. The molecule has 4 aliphatic carbocycles. The lowest BCUT2D eigenvalue weighted by Crippen LogP contribution is -2.69. The Kier molecular flexibility index (Phi) is 3.60. The van der Waals surface area contributed by atoms with Crippen LogP contribution in [0, 0.1) is 22.2 Å². The Morgan fingerprint density at radius 1 is 1.00 bits per heavy atom. The molecule has 0 aliphatic heterocycles. The number of carboxylic acids is 1. The van der Waals surface area contributed by atoms with E-state index in [4.69, 9.17) is 0 Å². The third-order valence-electron chi connectivity index (χ3n) is 9.44. The zero-order valence-corrected chi connectivity index (χ0v) is 15.8. The Balaban J connectivity index is 1.82. The van der Waals surface area contributed by atoms with Crippen LogP contribution in [0.3, 0.4) is 0 Å². The van der Waals surface area contributed by atoms with Crippen LogP contribution >= 0.6 is 0 Å². The van der Waals surface area contributed by atoms with Crippen LogP contribution in [0.15, 0.2) is 0 Å². The van der Waals surface area contributed by atoms with Gasteiger partial charge in [0.25, 0.3) is 0 Å². The predicted molar refractivity (Wildman–Crippen MR) is 93.3 cm³/mol. The first kappa shape index (κ1) is 18.7. The molecule has 4 aliphatic rings. The Labute approximate surface area is 154 Å². The van der Waals surface area contributed by atoms with E-state index < -0.39 is 45.6 Å². The molecule has 4 rings (SSSR count). The highest BCUT2D eigenvalue weighted by atomic mass is 16.4. The number of rotatable bonds is 2. The molecule has 4 fully saturated rings. The third-order valence-corrected chi connectivity index (χ3v) is 9.44.